The Morgan fingerprint density at radius 2 is 1.65 bits per heavy atom. The van der Waals surface area contributed by atoms with Crippen molar-refractivity contribution in [2.45, 2.75) is 19.9 Å². The fourth-order valence-electron chi connectivity index (χ4n) is 4.50. The maximum atomic E-state index is 3.70. The molecule has 4 aromatic rings. The zero-order valence-electron chi connectivity index (χ0n) is 19.6. The van der Waals surface area contributed by atoms with Crippen LogP contribution in [0.4, 0.5) is 0 Å². The van der Waals surface area contributed by atoms with Crippen LogP contribution in [0, 0.1) is 6.92 Å². The van der Waals surface area contributed by atoms with Crippen molar-refractivity contribution < 1.29 is 0 Å². The second-order valence-corrected chi connectivity index (χ2v) is 8.74. The van der Waals surface area contributed by atoms with Gasteiger partial charge in [-0.15, -0.1) is 0 Å². The fraction of sp³-hybridized carbons (Fsp3) is 0.125. The lowest BCUT2D eigenvalue weighted by Gasteiger charge is -2.14. The third-order valence-corrected chi connectivity index (χ3v) is 6.40. The van der Waals surface area contributed by atoms with Crippen molar-refractivity contribution >= 4 is 22.0 Å². The maximum absolute atomic E-state index is 3.70. The molecule has 0 saturated carbocycles. The van der Waals surface area contributed by atoms with E-state index in [0.29, 0.717) is 0 Å². The zero-order chi connectivity index (χ0) is 23.2. The van der Waals surface area contributed by atoms with E-state index >= 15 is 0 Å². The van der Waals surface area contributed by atoms with Gasteiger partial charge in [-0.25, -0.2) is 0 Å². The lowest BCUT2D eigenvalue weighted by Crippen LogP contribution is -2.12. The Morgan fingerprint density at radius 3 is 2.44 bits per heavy atom. The molecule has 0 saturated heterocycles. The average Bonchev–Trinajstić information content (AvgIpc) is 2.90. The molecule has 5 rings (SSSR count). The van der Waals surface area contributed by atoms with Crippen LogP contribution in [-0.4, -0.2) is 6.54 Å². The predicted molar refractivity (Wildman–Crippen MR) is 145 cm³/mol. The monoisotopic (exact) mass is 442 g/mol. The van der Waals surface area contributed by atoms with Crippen LogP contribution in [0.2, 0.25) is 0 Å². The molecule has 1 aliphatic rings. The summed E-state index contributed by atoms with van der Waals surface area (Å²) in [4.78, 5) is 0. The normalized spacial score (nSPS) is 13.4. The van der Waals surface area contributed by atoms with E-state index in [1.165, 1.54) is 44.2 Å². The SMILES string of the molecule is Cc1cccc2c(C/C=C(\NCc3ccccc3)c3ccc(C4=CNCC=C4)cc3)cccc12. The Balaban J connectivity index is 1.44. The number of dihydropyridines is 1. The van der Waals surface area contributed by atoms with E-state index in [0.717, 1.165) is 25.2 Å². The Kier molecular flexibility index (Phi) is 6.58. The summed E-state index contributed by atoms with van der Waals surface area (Å²) < 4.78 is 0. The minimum atomic E-state index is 0.793. The summed E-state index contributed by atoms with van der Waals surface area (Å²) in [5.74, 6) is 0. The topological polar surface area (TPSA) is 24.1 Å². The van der Waals surface area contributed by atoms with Gasteiger partial charge >= 0.3 is 0 Å². The predicted octanol–water partition coefficient (Wildman–Crippen LogP) is 7.02. The Hall–Kier alpha value is -4.04. The van der Waals surface area contributed by atoms with Crippen LogP contribution in [0.5, 0.6) is 0 Å². The molecule has 0 bridgehead atoms. The summed E-state index contributed by atoms with van der Waals surface area (Å²) >= 11 is 0. The van der Waals surface area contributed by atoms with Crippen molar-refractivity contribution in [3.05, 3.63) is 143 Å². The summed E-state index contributed by atoms with van der Waals surface area (Å²) in [6.07, 6.45) is 9.62. The van der Waals surface area contributed by atoms with Crippen LogP contribution in [0.25, 0.3) is 22.0 Å². The van der Waals surface area contributed by atoms with Gasteiger partial charge in [0.05, 0.1) is 0 Å². The molecule has 2 heteroatoms. The second-order valence-electron chi connectivity index (χ2n) is 8.74. The zero-order valence-corrected chi connectivity index (χ0v) is 19.6. The molecule has 0 unspecified atom stereocenters. The first-order valence-corrected chi connectivity index (χ1v) is 11.9. The van der Waals surface area contributed by atoms with E-state index in [1.54, 1.807) is 0 Å². The molecule has 0 atom stereocenters. The second kappa shape index (κ2) is 10.3. The van der Waals surface area contributed by atoms with Gasteiger partial charge in [0.2, 0.25) is 0 Å². The van der Waals surface area contributed by atoms with Gasteiger partial charge in [0.1, 0.15) is 0 Å². The highest BCUT2D eigenvalue weighted by molar-refractivity contribution is 5.88. The minimum Gasteiger partial charge on any atom is -0.387 e. The largest absolute Gasteiger partial charge is 0.387 e. The van der Waals surface area contributed by atoms with E-state index in [1.807, 2.05) is 0 Å². The van der Waals surface area contributed by atoms with Gasteiger partial charge in [0.25, 0.3) is 0 Å². The highest BCUT2D eigenvalue weighted by Crippen LogP contribution is 2.25. The highest BCUT2D eigenvalue weighted by atomic mass is 14.9. The van der Waals surface area contributed by atoms with E-state index < -0.39 is 0 Å². The number of hydrogen-bond donors (Lipinski definition) is 2. The molecular weight excluding hydrogens is 412 g/mol. The lowest BCUT2D eigenvalue weighted by atomic mass is 9.97. The number of fused-ring (bicyclic) bond motifs is 1. The quantitative estimate of drug-likeness (QED) is 0.321. The Labute approximate surface area is 202 Å². The molecule has 0 radical (unpaired) electrons. The number of benzene rings is 4. The van der Waals surface area contributed by atoms with Crippen LogP contribution in [0.15, 0.2) is 115 Å². The average molecular weight is 443 g/mol. The molecule has 2 N–H and O–H groups in total. The molecule has 34 heavy (non-hydrogen) atoms. The van der Waals surface area contributed by atoms with Crippen molar-refractivity contribution in [1.82, 2.24) is 10.6 Å². The van der Waals surface area contributed by atoms with Crippen LogP contribution in [0.3, 0.4) is 0 Å². The van der Waals surface area contributed by atoms with Crippen molar-refractivity contribution in [1.29, 1.82) is 0 Å². The van der Waals surface area contributed by atoms with Crippen molar-refractivity contribution in [2.75, 3.05) is 6.54 Å². The first kappa shape index (κ1) is 21.8. The highest BCUT2D eigenvalue weighted by Gasteiger charge is 2.07. The van der Waals surface area contributed by atoms with Gasteiger partial charge in [0.15, 0.2) is 0 Å². The first-order chi connectivity index (χ1) is 16.8. The molecule has 0 aromatic heterocycles. The summed E-state index contributed by atoms with van der Waals surface area (Å²) in [5.41, 5.74) is 8.73. The van der Waals surface area contributed by atoms with Gasteiger partial charge < -0.3 is 10.6 Å². The molecule has 1 heterocycles. The third-order valence-electron chi connectivity index (χ3n) is 6.40. The first-order valence-electron chi connectivity index (χ1n) is 11.9. The van der Waals surface area contributed by atoms with Crippen molar-refractivity contribution in [2.24, 2.45) is 0 Å². The molecule has 2 nitrogen and oxygen atoms in total. The number of rotatable bonds is 7. The number of aryl methyl sites for hydroxylation is 1. The van der Waals surface area contributed by atoms with E-state index in [2.05, 4.69) is 133 Å². The maximum Gasteiger partial charge on any atom is 0.0400 e. The van der Waals surface area contributed by atoms with E-state index in [-0.39, 0.29) is 0 Å². The number of allylic oxidation sites excluding steroid dienone is 3. The van der Waals surface area contributed by atoms with Gasteiger partial charge in [-0.1, -0.05) is 109 Å². The smallest absolute Gasteiger partial charge is 0.0400 e. The lowest BCUT2D eigenvalue weighted by molar-refractivity contribution is 0.886. The molecule has 168 valence electrons. The Bertz CT molecular complexity index is 1360. The molecule has 0 aliphatic carbocycles. The fourth-order valence-corrected chi connectivity index (χ4v) is 4.50. The number of hydrogen-bond acceptors (Lipinski definition) is 2. The van der Waals surface area contributed by atoms with Gasteiger partial charge in [-0.3, -0.25) is 0 Å². The summed E-state index contributed by atoms with van der Waals surface area (Å²) in [6, 6.07) is 32.6. The van der Waals surface area contributed by atoms with Gasteiger partial charge in [-0.05, 0) is 57.5 Å². The summed E-state index contributed by atoms with van der Waals surface area (Å²) in [7, 11) is 0. The summed E-state index contributed by atoms with van der Waals surface area (Å²) in [6.45, 7) is 3.87. The van der Waals surface area contributed by atoms with E-state index in [9.17, 15) is 0 Å². The molecule has 4 aromatic carbocycles. The van der Waals surface area contributed by atoms with Crippen LogP contribution in [-0.2, 0) is 13.0 Å². The van der Waals surface area contributed by atoms with Crippen LogP contribution in [0.1, 0.15) is 27.8 Å². The molecule has 0 fully saturated rings. The third kappa shape index (κ3) is 4.97. The number of nitrogens with one attached hydrogen (secondary N) is 2. The van der Waals surface area contributed by atoms with Gasteiger partial charge in [0, 0.05) is 25.0 Å². The molecule has 1 aliphatic heterocycles. The summed E-state index contributed by atoms with van der Waals surface area (Å²) in [5, 5.41) is 9.66. The van der Waals surface area contributed by atoms with Crippen LogP contribution < -0.4 is 10.6 Å². The molecular formula is C32H30N2. The minimum absolute atomic E-state index is 0.793. The molecule has 0 spiro atoms. The van der Waals surface area contributed by atoms with Crippen molar-refractivity contribution in [3.8, 4) is 0 Å². The van der Waals surface area contributed by atoms with Crippen molar-refractivity contribution in [3.63, 3.8) is 0 Å². The Morgan fingerprint density at radius 1 is 0.853 bits per heavy atom. The van der Waals surface area contributed by atoms with Gasteiger partial charge in [-0.2, -0.15) is 0 Å². The standard InChI is InChI=1S/C32H30N2/c1-24-8-5-14-31-27(11-6-13-30(24)31)19-20-32(34-22-25-9-3-2-4-10-25)28-17-15-26(16-18-28)29-12-7-21-33-23-29/h2-18,20,23,33-34H,19,21-22H2,1H3/b32-20-. The van der Waals surface area contributed by atoms with E-state index in [4.69, 9.17) is 0 Å². The molecule has 0 amide bonds. The van der Waals surface area contributed by atoms with Crippen LogP contribution >= 0.6 is 0 Å².